The van der Waals surface area contributed by atoms with Crippen molar-refractivity contribution < 1.29 is 9.53 Å². The van der Waals surface area contributed by atoms with Crippen molar-refractivity contribution in [2.75, 3.05) is 18.5 Å². The van der Waals surface area contributed by atoms with Crippen LogP contribution < -0.4 is 11.1 Å². The topological polar surface area (TPSA) is 64.3 Å². The van der Waals surface area contributed by atoms with Crippen molar-refractivity contribution in [2.24, 2.45) is 11.7 Å². The molecule has 2 atom stereocenters. The van der Waals surface area contributed by atoms with E-state index in [4.69, 9.17) is 10.5 Å². The molecule has 0 saturated heterocycles. The quantitative estimate of drug-likeness (QED) is 0.854. The normalized spacial score (nSPS) is 23.0. The number of carbonyl (C=O) groups is 1. The second kappa shape index (κ2) is 7.26. The first kappa shape index (κ1) is 14.0. The summed E-state index contributed by atoms with van der Waals surface area (Å²) in [5.74, 6) is 0.297. The molecule has 0 bridgehead atoms. The third kappa shape index (κ3) is 4.33. The highest BCUT2D eigenvalue weighted by atomic mass is 16.5. The van der Waals surface area contributed by atoms with Gasteiger partial charge in [-0.15, -0.1) is 0 Å². The van der Waals surface area contributed by atoms with Gasteiger partial charge in [0.25, 0.3) is 0 Å². The van der Waals surface area contributed by atoms with E-state index in [1.807, 2.05) is 30.3 Å². The van der Waals surface area contributed by atoms with Crippen molar-refractivity contribution in [1.29, 1.82) is 0 Å². The largest absolute Gasteiger partial charge is 0.368 e. The zero-order valence-electron chi connectivity index (χ0n) is 11.2. The molecule has 1 aliphatic rings. The standard InChI is InChI=1S/C15H22N2O2/c16-10-12-6-4-5-9-14(12)19-11-15(18)17-13-7-2-1-3-8-13/h1-3,7-8,12,14H,4-6,9-11,16H2,(H,17,18). The maximum Gasteiger partial charge on any atom is 0.250 e. The van der Waals surface area contributed by atoms with Crippen molar-refractivity contribution >= 4 is 11.6 Å². The van der Waals surface area contributed by atoms with Crippen molar-refractivity contribution in [1.82, 2.24) is 0 Å². The van der Waals surface area contributed by atoms with Crippen LogP contribution in [0.5, 0.6) is 0 Å². The van der Waals surface area contributed by atoms with Gasteiger partial charge in [-0.3, -0.25) is 4.79 Å². The minimum atomic E-state index is -0.104. The van der Waals surface area contributed by atoms with E-state index in [0.29, 0.717) is 12.5 Å². The van der Waals surface area contributed by atoms with Crippen LogP contribution in [-0.2, 0) is 9.53 Å². The summed E-state index contributed by atoms with van der Waals surface area (Å²) in [6, 6.07) is 9.42. The number of amides is 1. The van der Waals surface area contributed by atoms with Gasteiger partial charge in [0, 0.05) is 5.69 Å². The van der Waals surface area contributed by atoms with Crippen LogP contribution in [0.15, 0.2) is 30.3 Å². The Morgan fingerprint density at radius 1 is 1.26 bits per heavy atom. The van der Waals surface area contributed by atoms with Crippen LogP contribution in [0.4, 0.5) is 5.69 Å². The molecule has 1 saturated carbocycles. The highest BCUT2D eigenvalue weighted by molar-refractivity contribution is 5.91. The Balaban J connectivity index is 1.76. The number of nitrogens with two attached hydrogens (primary N) is 1. The summed E-state index contributed by atoms with van der Waals surface area (Å²) in [5.41, 5.74) is 6.54. The Kier molecular flexibility index (Phi) is 5.36. The predicted octanol–water partition coefficient (Wildman–Crippen LogP) is 2.16. The third-order valence-electron chi connectivity index (χ3n) is 3.63. The molecule has 0 aromatic heterocycles. The lowest BCUT2D eigenvalue weighted by Crippen LogP contribution is -2.35. The Labute approximate surface area is 114 Å². The molecule has 3 N–H and O–H groups in total. The minimum absolute atomic E-state index is 0.104. The molecule has 2 rings (SSSR count). The van der Waals surface area contributed by atoms with Gasteiger partial charge in [0.05, 0.1) is 6.10 Å². The Bertz CT molecular complexity index is 394. The molecule has 0 heterocycles. The van der Waals surface area contributed by atoms with Gasteiger partial charge in [0.1, 0.15) is 6.61 Å². The number of nitrogens with one attached hydrogen (secondary N) is 1. The lowest BCUT2D eigenvalue weighted by atomic mass is 9.86. The number of benzene rings is 1. The maximum atomic E-state index is 11.8. The van der Waals surface area contributed by atoms with Crippen LogP contribution in [-0.4, -0.2) is 25.2 Å². The van der Waals surface area contributed by atoms with Crippen LogP contribution in [0.2, 0.25) is 0 Å². The molecule has 1 aromatic carbocycles. The summed E-state index contributed by atoms with van der Waals surface area (Å²) in [5, 5.41) is 2.82. The Morgan fingerprint density at radius 3 is 2.74 bits per heavy atom. The second-order valence-corrected chi connectivity index (χ2v) is 5.04. The van der Waals surface area contributed by atoms with Crippen molar-refractivity contribution in [2.45, 2.75) is 31.8 Å². The van der Waals surface area contributed by atoms with E-state index >= 15 is 0 Å². The van der Waals surface area contributed by atoms with Gasteiger partial charge >= 0.3 is 0 Å². The average molecular weight is 262 g/mol. The molecule has 19 heavy (non-hydrogen) atoms. The number of hydrogen-bond acceptors (Lipinski definition) is 3. The monoisotopic (exact) mass is 262 g/mol. The van der Waals surface area contributed by atoms with E-state index in [0.717, 1.165) is 18.5 Å². The Hall–Kier alpha value is -1.39. The summed E-state index contributed by atoms with van der Waals surface area (Å²) in [4.78, 5) is 11.8. The van der Waals surface area contributed by atoms with Crippen LogP contribution in [0, 0.1) is 5.92 Å². The highest BCUT2D eigenvalue weighted by Crippen LogP contribution is 2.25. The molecule has 4 nitrogen and oxygen atoms in total. The average Bonchev–Trinajstić information content (AvgIpc) is 2.46. The molecule has 0 spiro atoms. The fraction of sp³-hybridized carbons (Fsp3) is 0.533. The lowest BCUT2D eigenvalue weighted by Gasteiger charge is -2.30. The molecule has 1 aromatic rings. The van der Waals surface area contributed by atoms with E-state index < -0.39 is 0 Å². The van der Waals surface area contributed by atoms with Crippen LogP contribution in [0.25, 0.3) is 0 Å². The summed E-state index contributed by atoms with van der Waals surface area (Å²) < 4.78 is 5.73. The number of rotatable bonds is 5. The SMILES string of the molecule is NCC1CCCCC1OCC(=O)Nc1ccccc1. The van der Waals surface area contributed by atoms with Gasteiger partial charge in [0.15, 0.2) is 0 Å². The van der Waals surface area contributed by atoms with Gasteiger partial charge in [-0.05, 0) is 37.4 Å². The van der Waals surface area contributed by atoms with E-state index in [-0.39, 0.29) is 18.6 Å². The van der Waals surface area contributed by atoms with E-state index in [9.17, 15) is 4.79 Å². The van der Waals surface area contributed by atoms with Gasteiger partial charge in [-0.25, -0.2) is 0 Å². The van der Waals surface area contributed by atoms with E-state index in [2.05, 4.69) is 5.32 Å². The van der Waals surface area contributed by atoms with Gasteiger partial charge in [-0.2, -0.15) is 0 Å². The number of ether oxygens (including phenoxy) is 1. The molecule has 104 valence electrons. The number of anilines is 1. The van der Waals surface area contributed by atoms with Crippen LogP contribution in [0.3, 0.4) is 0 Å². The maximum absolute atomic E-state index is 11.8. The van der Waals surface area contributed by atoms with Crippen molar-refractivity contribution in [3.8, 4) is 0 Å². The second-order valence-electron chi connectivity index (χ2n) is 5.04. The molecular formula is C15H22N2O2. The smallest absolute Gasteiger partial charge is 0.250 e. The summed E-state index contributed by atoms with van der Waals surface area (Å²) in [6.07, 6.45) is 4.65. The van der Waals surface area contributed by atoms with Gasteiger partial charge in [-0.1, -0.05) is 31.0 Å². The molecule has 1 fully saturated rings. The predicted molar refractivity (Wildman–Crippen MR) is 75.8 cm³/mol. The number of carbonyl (C=O) groups excluding carboxylic acids is 1. The van der Waals surface area contributed by atoms with E-state index in [1.54, 1.807) is 0 Å². The zero-order chi connectivity index (χ0) is 13.5. The fourth-order valence-electron chi connectivity index (χ4n) is 2.56. The van der Waals surface area contributed by atoms with Gasteiger partial charge in [0.2, 0.25) is 5.91 Å². The first-order chi connectivity index (χ1) is 9.29. The van der Waals surface area contributed by atoms with Crippen LogP contribution in [0.1, 0.15) is 25.7 Å². The summed E-state index contributed by atoms with van der Waals surface area (Å²) >= 11 is 0. The summed E-state index contributed by atoms with van der Waals surface area (Å²) in [7, 11) is 0. The van der Waals surface area contributed by atoms with E-state index in [1.165, 1.54) is 12.8 Å². The molecule has 1 amide bonds. The summed E-state index contributed by atoms with van der Waals surface area (Å²) in [6.45, 7) is 0.751. The third-order valence-corrected chi connectivity index (χ3v) is 3.63. The van der Waals surface area contributed by atoms with Crippen molar-refractivity contribution in [3.63, 3.8) is 0 Å². The fourth-order valence-corrected chi connectivity index (χ4v) is 2.56. The molecule has 4 heteroatoms. The van der Waals surface area contributed by atoms with Crippen LogP contribution >= 0.6 is 0 Å². The number of para-hydroxylation sites is 1. The molecule has 1 aliphatic carbocycles. The molecule has 0 aliphatic heterocycles. The van der Waals surface area contributed by atoms with Gasteiger partial charge < -0.3 is 15.8 Å². The number of hydrogen-bond donors (Lipinski definition) is 2. The highest BCUT2D eigenvalue weighted by Gasteiger charge is 2.25. The first-order valence-corrected chi connectivity index (χ1v) is 6.96. The molecular weight excluding hydrogens is 240 g/mol. The first-order valence-electron chi connectivity index (χ1n) is 6.96. The molecule has 2 unspecified atom stereocenters. The minimum Gasteiger partial charge on any atom is -0.368 e. The Morgan fingerprint density at radius 2 is 2.00 bits per heavy atom. The molecule has 0 radical (unpaired) electrons. The van der Waals surface area contributed by atoms with Crippen molar-refractivity contribution in [3.05, 3.63) is 30.3 Å². The lowest BCUT2D eigenvalue weighted by molar-refractivity contribution is -0.124. The zero-order valence-corrected chi connectivity index (χ0v) is 11.2.